The molecular formula is C14H13N2O3S3-. The van der Waals surface area contributed by atoms with Crippen LogP contribution in [0.4, 0.5) is 0 Å². The molecule has 1 aromatic rings. The quantitative estimate of drug-likeness (QED) is 0.561. The number of aromatic nitrogens is 1. The number of rotatable bonds is 6. The molecule has 5 nitrogen and oxygen atoms in total. The van der Waals surface area contributed by atoms with E-state index in [0.29, 0.717) is 22.8 Å². The Bertz CT molecular complexity index is 619. The summed E-state index contributed by atoms with van der Waals surface area (Å²) in [6.07, 6.45) is 5.40. The first-order valence-electron chi connectivity index (χ1n) is 6.42. The highest BCUT2D eigenvalue weighted by molar-refractivity contribution is 8.26. The molecule has 1 amide bonds. The van der Waals surface area contributed by atoms with Crippen molar-refractivity contribution in [3.63, 3.8) is 0 Å². The fourth-order valence-corrected chi connectivity index (χ4v) is 3.73. The van der Waals surface area contributed by atoms with E-state index in [-0.39, 0.29) is 4.32 Å². The van der Waals surface area contributed by atoms with Gasteiger partial charge in [0.05, 0.1) is 22.6 Å². The number of pyridine rings is 1. The minimum Gasteiger partial charge on any atom is -0.548 e. The molecule has 2 heterocycles. The Morgan fingerprint density at radius 1 is 1.59 bits per heavy atom. The van der Waals surface area contributed by atoms with Crippen LogP contribution < -0.4 is 5.11 Å². The number of amides is 1. The number of carbonyl (C=O) groups excluding carboxylic acids is 2. The number of carboxylic acid groups (broad SMARTS) is 1. The molecule has 116 valence electrons. The number of thioether (sulfide) groups is 2. The molecule has 2 rings (SSSR count). The van der Waals surface area contributed by atoms with Crippen LogP contribution >= 0.6 is 35.7 Å². The Kier molecular flexibility index (Phi) is 5.98. The molecule has 0 N–H and O–H groups in total. The summed E-state index contributed by atoms with van der Waals surface area (Å²) in [4.78, 5) is 29.4. The molecule has 0 unspecified atom stereocenters. The van der Waals surface area contributed by atoms with E-state index in [1.807, 2.05) is 12.3 Å². The smallest absolute Gasteiger partial charge is 0.266 e. The molecule has 8 heteroatoms. The summed E-state index contributed by atoms with van der Waals surface area (Å²) in [5.74, 6) is -1.09. The molecule has 1 aromatic heterocycles. The maximum atomic E-state index is 12.5. The third-order valence-electron chi connectivity index (χ3n) is 2.97. The van der Waals surface area contributed by atoms with Gasteiger partial charge in [-0.05, 0) is 36.6 Å². The summed E-state index contributed by atoms with van der Waals surface area (Å²) >= 11 is 7.76. The number of thiocarbonyl (C=S) groups is 1. The lowest BCUT2D eigenvalue weighted by Crippen LogP contribution is -2.50. The summed E-state index contributed by atoms with van der Waals surface area (Å²) in [5.41, 5.74) is 0.622. The monoisotopic (exact) mass is 353 g/mol. The molecule has 1 aliphatic rings. The van der Waals surface area contributed by atoms with Crippen molar-refractivity contribution in [2.45, 2.75) is 12.5 Å². The van der Waals surface area contributed by atoms with Crippen molar-refractivity contribution in [2.24, 2.45) is 0 Å². The third kappa shape index (κ3) is 3.88. The number of nitrogens with zero attached hydrogens (tertiary/aromatic N) is 2. The van der Waals surface area contributed by atoms with Crippen LogP contribution in [-0.2, 0) is 9.59 Å². The van der Waals surface area contributed by atoms with Crippen molar-refractivity contribution >= 4 is 58.0 Å². The number of carboxylic acids is 1. The molecule has 1 fully saturated rings. The first-order valence-corrected chi connectivity index (χ1v) is 9.04. The maximum Gasteiger partial charge on any atom is 0.266 e. The lowest BCUT2D eigenvalue weighted by atomic mass is 10.2. The lowest BCUT2D eigenvalue weighted by Gasteiger charge is -2.27. The van der Waals surface area contributed by atoms with Crippen molar-refractivity contribution in [3.05, 3.63) is 35.0 Å². The van der Waals surface area contributed by atoms with Gasteiger partial charge in [0.15, 0.2) is 0 Å². The van der Waals surface area contributed by atoms with Gasteiger partial charge in [-0.2, -0.15) is 11.8 Å². The van der Waals surface area contributed by atoms with Crippen LogP contribution in [0.2, 0.25) is 0 Å². The van der Waals surface area contributed by atoms with Gasteiger partial charge in [0.25, 0.3) is 5.91 Å². The molecule has 0 aliphatic carbocycles. The highest BCUT2D eigenvalue weighted by atomic mass is 32.2. The number of hydrogen-bond donors (Lipinski definition) is 0. The molecule has 0 aromatic carbocycles. The van der Waals surface area contributed by atoms with E-state index in [1.54, 1.807) is 24.4 Å². The van der Waals surface area contributed by atoms with Crippen LogP contribution in [0.3, 0.4) is 0 Å². The molecule has 0 saturated carbocycles. The first-order chi connectivity index (χ1) is 10.5. The van der Waals surface area contributed by atoms with Gasteiger partial charge in [0.1, 0.15) is 4.32 Å². The standard InChI is InChI=1S/C14H14N2O3S3/c1-21-7-5-10(13(18)19)16-12(17)11(22-14(16)20)8-9-4-2-3-6-15-9/h2-4,6,8,10H,5,7H2,1H3,(H,18,19)/p-1/b11-8-/t10-/m0/s1. The van der Waals surface area contributed by atoms with Crippen LogP contribution in [0.5, 0.6) is 0 Å². The van der Waals surface area contributed by atoms with Crippen LogP contribution in [-0.4, -0.2) is 44.1 Å². The van der Waals surface area contributed by atoms with E-state index >= 15 is 0 Å². The van der Waals surface area contributed by atoms with Crippen LogP contribution in [0.15, 0.2) is 29.3 Å². The second-order valence-corrected chi connectivity index (χ2v) is 7.08. The van der Waals surface area contributed by atoms with Crippen LogP contribution in [0.25, 0.3) is 6.08 Å². The molecule has 0 radical (unpaired) electrons. The van der Waals surface area contributed by atoms with Gasteiger partial charge < -0.3 is 9.90 Å². The predicted molar refractivity (Wildman–Crippen MR) is 91.0 cm³/mol. The number of aliphatic carboxylic acids is 1. The topological polar surface area (TPSA) is 73.3 Å². The van der Waals surface area contributed by atoms with Crippen molar-refractivity contribution in [1.29, 1.82) is 0 Å². The third-order valence-corrected chi connectivity index (χ3v) is 4.94. The zero-order valence-corrected chi connectivity index (χ0v) is 14.2. The van der Waals surface area contributed by atoms with Gasteiger partial charge in [-0.25, -0.2) is 0 Å². The Morgan fingerprint density at radius 2 is 2.36 bits per heavy atom. The molecule has 1 atom stereocenters. The Labute approximate surface area is 142 Å². The van der Waals surface area contributed by atoms with E-state index in [2.05, 4.69) is 4.98 Å². The van der Waals surface area contributed by atoms with E-state index in [1.165, 1.54) is 11.8 Å². The number of hydrogen-bond acceptors (Lipinski definition) is 7. The van der Waals surface area contributed by atoms with E-state index in [9.17, 15) is 14.7 Å². The van der Waals surface area contributed by atoms with Gasteiger partial charge in [-0.15, -0.1) is 0 Å². The summed E-state index contributed by atoms with van der Waals surface area (Å²) in [7, 11) is 0. The van der Waals surface area contributed by atoms with E-state index < -0.39 is 17.9 Å². The summed E-state index contributed by atoms with van der Waals surface area (Å²) in [6.45, 7) is 0. The minimum atomic E-state index is -1.29. The van der Waals surface area contributed by atoms with Crippen molar-refractivity contribution < 1.29 is 14.7 Å². The molecule has 0 spiro atoms. The van der Waals surface area contributed by atoms with E-state index in [4.69, 9.17) is 12.2 Å². The van der Waals surface area contributed by atoms with Crippen LogP contribution in [0.1, 0.15) is 12.1 Å². The van der Waals surface area contributed by atoms with Gasteiger partial charge in [0.2, 0.25) is 0 Å². The molecular weight excluding hydrogens is 340 g/mol. The Morgan fingerprint density at radius 3 is 2.95 bits per heavy atom. The van der Waals surface area contributed by atoms with Gasteiger partial charge in [-0.1, -0.05) is 30.0 Å². The fraction of sp³-hybridized carbons (Fsp3) is 0.286. The number of carbonyl (C=O) groups is 2. The van der Waals surface area contributed by atoms with Crippen molar-refractivity contribution in [3.8, 4) is 0 Å². The highest BCUT2D eigenvalue weighted by Gasteiger charge is 2.37. The molecule has 22 heavy (non-hydrogen) atoms. The van der Waals surface area contributed by atoms with Crippen LogP contribution in [0, 0.1) is 0 Å². The second kappa shape index (κ2) is 7.75. The average molecular weight is 353 g/mol. The lowest BCUT2D eigenvalue weighted by molar-refractivity contribution is -0.310. The molecule has 0 bridgehead atoms. The minimum absolute atomic E-state index is 0.238. The Balaban J connectivity index is 2.24. The summed E-state index contributed by atoms with van der Waals surface area (Å²) in [5, 5.41) is 11.3. The molecule has 1 saturated heterocycles. The fourth-order valence-electron chi connectivity index (χ4n) is 1.93. The Hall–Kier alpha value is -1.38. The second-order valence-electron chi connectivity index (χ2n) is 4.42. The maximum absolute atomic E-state index is 12.5. The largest absolute Gasteiger partial charge is 0.548 e. The van der Waals surface area contributed by atoms with Gasteiger partial charge in [0, 0.05) is 6.20 Å². The summed E-state index contributed by atoms with van der Waals surface area (Å²) in [6, 6.07) is 4.31. The average Bonchev–Trinajstić information content (AvgIpc) is 2.76. The van der Waals surface area contributed by atoms with E-state index in [0.717, 1.165) is 16.7 Å². The zero-order chi connectivity index (χ0) is 16.1. The SMILES string of the molecule is CSCC[C@@H](C(=O)[O-])N1C(=O)/C(=C/c2ccccn2)SC1=S. The van der Waals surface area contributed by atoms with Crippen molar-refractivity contribution in [1.82, 2.24) is 9.88 Å². The predicted octanol–water partition coefficient (Wildman–Crippen LogP) is 1.15. The normalized spacial score (nSPS) is 18.0. The van der Waals surface area contributed by atoms with Gasteiger partial charge in [-0.3, -0.25) is 14.7 Å². The molecule has 1 aliphatic heterocycles. The highest BCUT2D eigenvalue weighted by Crippen LogP contribution is 2.34. The van der Waals surface area contributed by atoms with Gasteiger partial charge >= 0.3 is 0 Å². The van der Waals surface area contributed by atoms with Crippen molar-refractivity contribution in [2.75, 3.05) is 12.0 Å². The first kappa shape index (κ1) is 17.0. The zero-order valence-electron chi connectivity index (χ0n) is 11.7. The summed E-state index contributed by atoms with van der Waals surface area (Å²) < 4.78 is 0.238.